The van der Waals surface area contributed by atoms with Gasteiger partial charge in [0.25, 0.3) is 11.8 Å². The minimum Gasteiger partial charge on any atom is -0.307 e. The van der Waals surface area contributed by atoms with E-state index in [9.17, 15) is 14.4 Å². The van der Waals surface area contributed by atoms with E-state index in [4.69, 9.17) is 11.6 Å². The number of hydrogen-bond donors (Lipinski definition) is 1. The van der Waals surface area contributed by atoms with Gasteiger partial charge in [-0.2, -0.15) is 10.1 Å². The van der Waals surface area contributed by atoms with Crippen LogP contribution in [0.25, 0.3) is 0 Å². The standard InChI is InChI=1S/C22H20ClN3O3S2/c1-22(2)15-11-7-12(16(15)30-18-17(22)31-21(29)25-18)14-13(11)19(27)26(20(14)28)24-8-9-3-5-10(23)6-4-9/h3-6,8,11-16H,7H2,1-2H3,(H,25,29)/b24-8-/t11-,12-,13+,14+,15+,16+/m0/s1. The fourth-order valence-electron chi connectivity index (χ4n) is 6.43. The lowest BCUT2D eigenvalue weighted by molar-refractivity contribution is -0.140. The summed E-state index contributed by atoms with van der Waals surface area (Å²) in [6, 6.07) is 7.10. The number of benzene rings is 1. The lowest BCUT2D eigenvalue weighted by atomic mass is 9.64. The van der Waals surface area contributed by atoms with Crippen LogP contribution in [0.3, 0.4) is 0 Å². The molecule has 2 saturated carbocycles. The van der Waals surface area contributed by atoms with Crippen LogP contribution in [0, 0.1) is 29.6 Å². The van der Waals surface area contributed by atoms with Crippen molar-refractivity contribution in [3.8, 4) is 0 Å². The van der Waals surface area contributed by atoms with Gasteiger partial charge in [-0.05, 0) is 41.9 Å². The second-order valence-electron chi connectivity index (χ2n) is 9.40. The molecular formula is C22H20ClN3O3S2. The average molecular weight is 474 g/mol. The number of hydrogen-bond acceptors (Lipinski definition) is 6. The number of carbonyl (C=O) groups is 2. The number of thiazole rings is 1. The Labute approximate surface area is 192 Å². The Morgan fingerprint density at radius 3 is 2.52 bits per heavy atom. The smallest absolute Gasteiger partial charge is 0.305 e. The number of halogens is 1. The Morgan fingerprint density at radius 2 is 1.81 bits per heavy atom. The van der Waals surface area contributed by atoms with Crippen molar-refractivity contribution in [2.75, 3.05) is 0 Å². The first kappa shape index (κ1) is 19.8. The fourth-order valence-corrected chi connectivity index (χ4v) is 9.70. The molecule has 1 aromatic heterocycles. The molecule has 6 rings (SSSR count). The molecule has 6 atom stereocenters. The van der Waals surface area contributed by atoms with E-state index in [-0.39, 0.29) is 56.9 Å². The van der Waals surface area contributed by atoms with E-state index in [2.05, 4.69) is 23.9 Å². The highest BCUT2D eigenvalue weighted by molar-refractivity contribution is 8.00. The highest BCUT2D eigenvalue weighted by atomic mass is 35.5. The molecule has 3 fully saturated rings. The number of aromatic amines is 1. The van der Waals surface area contributed by atoms with Gasteiger partial charge in [0.1, 0.15) is 0 Å². The number of nitrogens with one attached hydrogen (secondary N) is 1. The molecule has 0 radical (unpaired) electrons. The lowest BCUT2D eigenvalue weighted by Gasteiger charge is -2.47. The average Bonchev–Trinajstić information content (AvgIpc) is 3.44. The first-order chi connectivity index (χ1) is 14.8. The number of thioether (sulfide) groups is 1. The summed E-state index contributed by atoms with van der Waals surface area (Å²) in [6.45, 7) is 4.36. The zero-order valence-corrected chi connectivity index (χ0v) is 19.3. The maximum atomic E-state index is 13.3. The number of H-pyrrole nitrogens is 1. The molecule has 2 aliphatic heterocycles. The molecule has 6 nitrogen and oxygen atoms in total. The van der Waals surface area contributed by atoms with Gasteiger partial charge in [-0.1, -0.05) is 48.9 Å². The van der Waals surface area contributed by atoms with Crippen LogP contribution in [0.4, 0.5) is 0 Å². The highest BCUT2D eigenvalue weighted by Crippen LogP contribution is 2.68. The molecule has 31 heavy (non-hydrogen) atoms. The van der Waals surface area contributed by atoms with E-state index in [0.29, 0.717) is 5.02 Å². The zero-order valence-electron chi connectivity index (χ0n) is 16.9. The van der Waals surface area contributed by atoms with Crippen molar-refractivity contribution in [2.45, 2.75) is 36.0 Å². The van der Waals surface area contributed by atoms with Gasteiger partial charge in [0.15, 0.2) is 0 Å². The van der Waals surface area contributed by atoms with Crippen molar-refractivity contribution < 1.29 is 9.59 Å². The number of imide groups is 1. The minimum atomic E-state index is -0.309. The van der Waals surface area contributed by atoms with Crippen molar-refractivity contribution in [2.24, 2.45) is 34.7 Å². The quantitative estimate of drug-likeness (QED) is 0.532. The minimum absolute atomic E-state index is 0.0343. The predicted octanol–water partition coefficient (Wildman–Crippen LogP) is 3.74. The van der Waals surface area contributed by atoms with E-state index >= 15 is 0 Å². The van der Waals surface area contributed by atoms with Gasteiger partial charge < -0.3 is 4.98 Å². The molecule has 2 amide bonds. The maximum absolute atomic E-state index is 13.3. The SMILES string of the molecule is CC1(C)c2sc(=O)[nH]c2S[C@@H]2[C@H]3C[C@@H]([C@H]4C(=O)N(/N=C\c5ccc(Cl)cc5)C(=O)[C@H]34)[C@H]21. The predicted molar refractivity (Wildman–Crippen MR) is 121 cm³/mol. The molecule has 9 heteroatoms. The second kappa shape index (κ2) is 6.56. The van der Waals surface area contributed by atoms with Gasteiger partial charge in [0.05, 0.1) is 23.1 Å². The number of amides is 2. The first-order valence-corrected chi connectivity index (χ1v) is 12.4. The van der Waals surface area contributed by atoms with Gasteiger partial charge in [0.2, 0.25) is 0 Å². The van der Waals surface area contributed by atoms with Crippen LogP contribution >= 0.6 is 34.7 Å². The van der Waals surface area contributed by atoms with Gasteiger partial charge in [-0.25, -0.2) is 0 Å². The fraction of sp³-hybridized carbons (Fsp3) is 0.455. The Kier molecular flexibility index (Phi) is 4.18. The maximum Gasteiger partial charge on any atom is 0.305 e. The summed E-state index contributed by atoms with van der Waals surface area (Å²) >= 11 is 8.90. The zero-order chi connectivity index (χ0) is 21.7. The summed E-state index contributed by atoms with van der Waals surface area (Å²) in [4.78, 5) is 42.6. The molecule has 1 aromatic carbocycles. The molecule has 4 aliphatic rings. The summed E-state index contributed by atoms with van der Waals surface area (Å²) in [5.74, 6) is -0.448. The van der Waals surface area contributed by atoms with E-state index < -0.39 is 0 Å². The molecule has 160 valence electrons. The van der Waals surface area contributed by atoms with Crippen LogP contribution in [0.15, 0.2) is 39.2 Å². The van der Waals surface area contributed by atoms with Gasteiger partial charge in [-0.15, -0.1) is 11.8 Å². The molecule has 3 heterocycles. The summed E-state index contributed by atoms with van der Waals surface area (Å²) in [7, 11) is 0. The summed E-state index contributed by atoms with van der Waals surface area (Å²) in [6.07, 6.45) is 2.44. The van der Waals surface area contributed by atoms with Crippen molar-refractivity contribution in [3.63, 3.8) is 0 Å². The summed E-state index contributed by atoms with van der Waals surface area (Å²) < 4.78 is 0. The van der Waals surface area contributed by atoms with Crippen LogP contribution < -0.4 is 4.87 Å². The number of fused-ring (bicyclic) bond motifs is 9. The van der Waals surface area contributed by atoms with Gasteiger partial charge in [0, 0.05) is 20.6 Å². The van der Waals surface area contributed by atoms with Crippen molar-refractivity contribution >= 4 is 52.7 Å². The number of rotatable bonds is 2. The first-order valence-electron chi connectivity index (χ1n) is 10.3. The van der Waals surface area contributed by atoms with Crippen LogP contribution in [0.5, 0.6) is 0 Å². The molecule has 2 bridgehead atoms. The molecule has 1 N–H and O–H groups in total. The largest absolute Gasteiger partial charge is 0.307 e. The van der Waals surface area contributed by atoms with Crippen LogP contribution in [0.1, 0.15) is 30.7 Å². The molecule has 1 saturated heterocycles. The van der Waals surface area contributed by atoms with Crippen molar-refractivity contribution in [1.29, 1.82) is 0 Å². The number of aromatic nitrogens is 1. The molecule has 2 aliphatic carbocycles. The molecule has 0 unspecified atom stereocenters. The van der Waals surface area contributed by atoms with Crippen LogP contribution in [-0.2, 0) is 15.0 Å². The summed E-state index contributed by atoms with van der Waals surface area (Å²) in [5, 5.41) is 7.16. The van der Waals surface area contributed by atoms with E-state index in [1.54, 1.807) is 42.2 Å². The van der Waals surface area contributed by atoms with E-state index in [1.807, 2.05) is 0 Å². The lowest BCUT2D eigenvalue weighted by Crippen LogP contribution is -2.48. The van der Waals surface area contributed by atoms with Gasteiger partial charge in [-0.3, -0.25) is 14.4 Å². The topological polar surface area (TPSA) is 82.6 Å². The monoisotopic (exact) mass is 473 g/mol. The Hall–Kier alpha value is -1.90. The van der Waals surface area contributed by atoms with Crippen molar-refractivity contribution in [1.82, 2.24) is 9.99 Å². The second-order valence-corrected chi connectivity index (χ2v) is 12.0. The molecule has 2 aromatic rings. The Balaban J connectivity index is 1.33. The molecular weight excluding hydrogens is 454 g/mol. The Bertz CT molecular complexity index is 1200. The third-order valence-corrected chi connectivity index (χ3v) is 10.6. The Morgan fingerprint density at radius 1 is 1.13 bits per heavy atom. The van der Waals surface area contributed by atoms with Crippen LogP contribution in [-0.4, -0.2) is 33.3 Å². The third kappa shape index (κ3) is 2.64. The summed E-state index contributed by atoms with van der Waals surface area (Å²) in [5.41, 5.74) is 0.576. The normalized spacial score (nSPS) is 35.0. The van der Waals surface area contributed by atoms with E-state index in [1.165, 1.54) is 11.3 Å². The molecule has 0 spiro atoms. The van der Waals surface area contributed by atoms with Gasteiger partial charge >= 0.3 is 4.87 Å². The third-order valence-electron chi connectivity index (χ3n) is 7.56. The van der Waals surface area contributed by atoms with E-state index in [0.717, 1.165) is 26.9 Å². The van der Waals surface area contributed by atoms with Crippen LogP contribution in [0.2, 0.25) is 5.02 Å². The number of carbonyl (C=O) groups excluding carboxylic acids is 2. The number of nitrogens with zero attached hydrogens (tertiary/aromatic N) is 2. The number of hydrazone groups is 1. The highest BCUT2D eigenvalue weighted by Gasteiger charge is 2.71. The van der Waals surface area contributed by atoms with Crippen molar-refractivity contribution in [3.05, 3.63) is 49.4 Å².